The molecular formula is C18H21NO2. The van der Waals surface area contributed by atoms with Crippen LogP contribution in [0.5, 0.6) is 0 Å². The summed E-state index contributed by atoms with van der Waals surface area (Å²) in [5.74, 6) is -0.879. The number of carbonyl (C=O) groups is 1. The second kappa shape index (κ2) is 6.10. The topological polar surface area (TPSA) is 63.3 Å². The molecule has 2 aromatic carbocycles. The lowest BCUT2D eigenvalue weighted by atomic mass is 9.75. The number of aliphatic carboxylic acids is 1. The predicted molar refractivity (Wildman–Crippen MR) is 84.4 cm³/mol. The molecule has 0 fully saturated rings. The lowest BCUT2D eigenvalue weighted by molar-refractivity contribution is -0.143. The van der Waals surface area contributed by atoms with Gasteiger partial charge < -0.3 is 10.8 Å². The Morgan fingerprint density at radius 1 is 1.10 bits per heavy atom. The number of benzene rings is 2. The van der Waals surface area contributed by atoms with Crippen LogP contribution in [-0.4, -0.2) is 17.6 Å². The Hall–Kier alpha value is -2.13. The Bertz CT molecular complexity index is 634. The first-order chi connectivity index (χ1) is 9.98. The second-order valence-electron chi connectivity index (χ2n) is 5.62. The van der Waals surface area contributed by atoms with Gasteiger partial charge in [0.25, 0.3) is 0 Å². The highest BCUT2D eigenvalue weighted by Gasteiger charge is 2.39. The number of hydrogen-bond acceptors (Lipinski definition) is 2. The average Bonchev–Trinajstić information content (AvgIpc) is 2.46. The van der Waals surface area contributed by atoms with Gasteiger partial charge in [-0.1, -0.05) is 59.7 Å². The lowest BCUT2D eigenvalue weighted by Crippen LogP contribution is -2.45. The number of rotatable bonds is 5. The van der Waals surface area contributed by atoms with E-state index in [1.807, 2.05) is 62.4 Å². The van der Waals surface area contributed by atoms with Crippen LogP contribution in [0.3, 0.4) is 0 Å². The highest BCUT2D eigenvalue weighted by molar-refractivity contribution is 5.82. The Morgan fingerprint density at radius 3 is 2.29 bits per heavy atom. The maximum atomic E-state index is 12.0. The molecule has 3 N–H and O–H groups in total. The molecule has 0 aliphatic rings. The Labute approximate surface area is 125 Å². The average molecular weight is 283 g/mol. The first kappa shape index (κ1) is 15.3. The van der Waals surface area contributed by atoms with Crippen LogP contribution in [0.4, 0.5) is 0 Å². The molecule has 0 amide bonds. The number of carboxylic acids is 1. The van der Waals surface area contributed by atoms with Crippen molar-refractivity contribution in [2.24, 2.45) is 5.73 Å². The third kappa shape index (κ3) is 3.14. The largest absolute Gasteiger partial charge is 0.481 e. The maximum Gasteiger partial charge on any atom is 0.315 e. The van der Waals surface area contributed by atoms with E-state index in [4.69, 9.17) is 5.73 Å². The summed E-state index contributed by atoms with van der Waals surface area (Å²) in [5, 5.41) is 9.80. The Kier molecular flexibility index (Phi) is 4.43. The molecule has 0 spiro atoms. The van der Waals surface area contributed by atoms with Gasteiger partial charge in [0, 0.05) is 6.54 Å². The van der Waals surface area contributed by atoms with Gasteiger partial charge in [-0.15, -0.1) is 0 Å². The number of nitrogens with two attached hydrogens (primary N) is 1. The first-order valence-corrected chi connectivity index (χ1v) is 7.04. The molecule has 1 atom stereocenters. The zero-order valence-corrected chi connectivity index (χ0v) is 12.5. The molecule has 0 radical (unpaired) electrons. The molecule has 0 saturated heterocycles. The van der Waals surface area contributed by atoms with Crippen LogP contribution in [0, 0.1) is 13.8 Å². The van der Waals surface area contributed by atoms with Crippen LogP contribution in [0.15, 0.2) is 48.5 Å². The van der Waals surface area contributed by atoms with Crippen molar-refractivity contribution in [2.75, 3.05) is 6.54 Å². The van der Waals surface area contributed by atoms with Crippen LogP contribution in [0.25, 0.3) is 0 Å². The summed E-state index contributed by atoms with van der Waals surface area (Å²) in [6.07, 6.45) is 0.391. The Balaban J connectivity index is 2.46. The van der Waals surface area contributed by atoms with E-state index < -0.39 is 11.4 Å². The maximum absolute atomic E-state index is 12.0. The van der Waals surface area contributed by atoms with Crippen molar-refractivity contribution in [2.45, 2.75) is 25.7 Å². The minimum Gasteiger partial charge on any atom is -0.481 e. The van der Waals surface area contributed by atoms with Crippen molar-refractivity contribution in [3.63, 3.8) is 0 Å². The van der Waals surface area contributed by atoms with E-state index in [9.17, 15) is 9.90 Å². The van der Waals surface area contributed by atoms with E-state index in [2.05, 4.69) is 0 Å². The zero-order valence-electron chi connectivity index (χ0n) is 12.5. The molecule has 110 valence electrons. The summed E-state index contributed by atoms with van der Waals surface area (Å²) in [4.78, 5) is 12.0. The number of aryl methyl sites for hydroxylation is 2. The fourth-order valence-electron chi connectivity index (χ4n) is 2.58. The fourth-order valence-corrected chi connectivity index (χ4v) is 2.58. The van der Waals surface area contributed by atoms with Gasteiger partial charge in [-0.2, -0.15) is 0 Å². The Morgan fingerprint density at radius 2 is 1.76 bits per heavy atom. The molecule has 1 unspecified atom stereocenters. The van der Waals surface area contributed by atoms with Crippen molar-refractivity contribution in [3.8, 4) is 0 Å². The van der Waals surface area contributed by atoms with E-state index in [1.54, 1.807) is 0 Å². The minimum absolute atomic E-state index is 0.0691. The van der Waals surface area contributed by atoms with Crippen molar-refractivity contribution in [3.05, 3.63) is 70.8 Å². The highest BCUT2D eigenvalue weighted by Crippen LogP contribution is 2.29. The van der Waals surface area contributed by atoms with Gasteiger partial charge in [0.2, 0.25) is 0 Å². The van der Waals surface area contributed by atoms with Gasteiger partial charge in [0.1, 0.15) is 5.41 Å². The third-order valence-corrected chi connectivity index (χ3v) is 3.96. The highest BCUT2D eigenvalue weighted by atomic mass is 16.4. The van der Waals surface area contributed by atoms with Gasteiger partial charge in [0.15, 0.2) is 0 Å². The summed E-state index contributed by atoms with van der Waals surface area (Å²) in [6, 6.07) is 15.5. The molecule has 0 saturated carbocycles. The predicted octanol–water partition coefficient (Wildman–Crippen LogP) is 2.83. The van der Waals surface area contributed by atoms with Crippen molar-refractivity contribution in [1.82, 2.24) is 0 Å². The molecule has 3 nitrogen and oxygen atoms in total. The molecule has 2 rings (SSSR count). The zero-order chi connectivity index (χ0) is 15.5. The quantitative estimate of drug-likeness (QED) is 0.887. The van der Waals surface area contributed by atoms with Crippen molar-refractivity contribution < 1.29 is 9.90 Å². The molecule has 2 aromatic rings. The number of hydrogen-bond donors (Lipinski definition) is 2. The first-order valence-electron chi connectivity index (χ1n) is 7.04. The molecule has 0 aliphatic carbocycles. The van der Waals surface area contributed by atoms with Crippen LogP contribution in [0.1, 0.15) is 22.3 Å². The summed E-state index contributed by atoms with van der Waals surface area (Å²) < 4.78 is 0. The standard InChI is InChI=1S/C18H21NO2/c1-13-6-8-15(9-7-13)11-18(12-19,17(20)21)16-5-3-4-14(2)10-16/h3-10H,11-12,19H2,1-2H3,(H,20,21). The number of carboxylic acid groups (broad SMARTS) is 1. The van der Waals surface area contributed by atoms with E-state index in [1.165, 1.54) is 0 Å². The summed E-state index contributed by atoms with van der Waals surface area (Å²) in [7, 11) is 0. The lowest BCUT2D eigenvalue weighted by Gasteiger charge is -2.29. The fraction of sp³-hybridized carbons (Fsp3) is 0.278. The van der Waals surface area contributed by atoms with Crippen LogP contribution >= 0.6 is 0 Å². The van der Waals surface area contributed by atoms with Gasteiger partial charge in [-0.05, 0) is 31.4 Å². The SMILES string of the molecule is Cc1ccc(CC(CN)(C(=O)O)c2cccc(C)c2)cc1. The van der Waals surface area contributed by atoms with Gasteiger partial charge in [0.05, 0.1) is 0 Å². The summed E-state index contributed by atoms with van der Waals surface area (Å²) in [6.45, 7) is 4.04. The van der Waals surface area contributed by atoms with E-state index in [-0.39, 0.29) is 6.54 Å². The minimum atomic E-state index is -1.08. The van der Waals surface area contributed by atoms with Gasteiger partial charge >= 0.3 is 5.97 Å². The van der Waals surface area contributed by atoms with Gasteiger partial charge in [-0.3, -0.25) is 4.79 Å². The normalized spacial score (nSPS) is 13.7. The van der Waals surface area contributed by atoms with Crippen LogP contribution in [-0.2, 0) is 16.6 Å². The van der Waals surface area contributed by atoms with Crippen LogP contribution in [0.2, 0.25) is 0 Å². The molecule has 0 heterocycles. The molecule has 0 aliphatic heterocycles. The monoisotopic (exact) mass is 283 g/mol. The molecule has 3 heteroatoms. The summed E-state index contributed by atoms with van der Waals surface area (Å²) >= 11 is 0. The third-order valence-electron chi connectivity index (χ3n) is 3.96. The molecule has 0 aromatic heterocycles. The molecular weight excluding hydrogens is 262 g/mol. The molecule has 21 heavy (non-hydrogen) atoms. The molecule has 0 bridgehead atoms. The van der Waals surface area contributed by atoms with Crippen LogP contribution < -0.4 is 5.73 Å². The van der Waals surface area contributed by atoms with Gasteiger partial charge in [-0.25, -0.2) is 0 Å². The summed E-state index contributed by atoms with van der Waals surface area (Å²) in [5.41, 5.74) is 8.74. The van der Waals surface area contributed by atoms with Crippen molar-refractivity contribution in [1.29, 1.82) is 0 Å². The smallest absolute Gasteiger partial charge is 0.315 e. The van der Waals surface area contributed by atoms with E-state index >= 15 is 0 Å². The van der Waals surface area contributed by atoms with E-state index in [0.717, 1.165) is 22.3 Å². The van der Waals surface area contributed by atoms with Crippen molar-refractivity contribution >= 4 is 5.97 Å². The second-order valence-corrected chi connectivity index (χ2v) is 5.62. The van der Waals surface area contributed by atoms with E-state index in [0.29, 0.717) is 6.42 Å².